The lowest BCUT2D eigenvalue weighted by molar-refractivity contribution is 0.0796. The first kappa shape index (κ1) is 19.5. The molecule has 0 saturated carbocycles. The van der Waals surface area contributed by atoms with E-state index in [9.17, 15) is 4.79 Å². The lowest BCUT2D eigenvalue weighted by Crippen LogP contribution is -2.28. The Morgan fingerprint density at radius 1 is 1.07 bits per heavy atom. The van der Waals surface area contributed by atoms with E-state index in [2.05, 4.69) is 35.2 Å². The third kappa shape index (κ3) is 4.94. The average molecular weight is 374 g/mol. The molecule has 0 unspecified atom stereocenters. The first-order valence-electron chi connectivity index (χ1n) is 9.51. The van der Waals surface area contributed by atoms with E-state index in [0.29, 0.717) is 23.8 Å². The van der Waals surface area contributed by atoms with Crippen LogP contribution in [0.5, 0.6) is 0 Å². The number of amides is 1. The van der Waals surface area contributed by atoms with Crippen molar-refractivity contribution in [1.82, 2.24) is 14.9 Å². The molecule has 2 aromatic heterocycles. The van der Waals surface area contributed by atoms with Crippen molar-refractivity contribution in [2.45, 2.75) is 26.2 Å². The largest absolute Gasteiger partial charge is 0.341 e. The van der Waals surface area contributed by atoms with Gasteiger partial charge in [0.05, 0.1) is 0 Å². The Hall–Kier alpha value is -3.21. The van der Waals surface area contributed by atoms with Crippen molar-refractivity contribution < 1.29 is 4.79 Å². The molecule has 0 radical (unpaired) electrons. The van der Waals surface area contributed by atoms with Gasteiger partial charge in [0.25, 0.3) is 5.91 Å². The quantitative estimate of drug-likeness (QED) is 0.653. The molecule has 0 bridgehead atoms. The Balaban J connectivity index is 1.69. The topological polar surface area (TPSA) is 58.1 Å². The van der Waals surface area contributed by atoms with Crippen molar-refractivity contribution in [2.75, 3.05) is 18.9 Å². The number of benzene rings is 1. The number of hydrogen-bond donors (Lipinski definition) is 1. The maximum absolute atomic E-state index is 12.8. The lowest BCUT2D eigenvalue weighted by atomic mass is 10.0. The van der Waals surface area contributed by atoms with Crippen LogP contribution in [0.1, 0.15) is 41.3 Å². The van der Waals surface area contributed by atoms with E-state index in [1.165, 1.54) is 5.56 Å². The number of nitrogens with zero attached hydrogens (tertiary/aromatic N) is 3. The number of para-hydroxylation sites is 1. The van der Waals surface area contributed by atoms with Crippen LogP contribution in [0.25, 0.3) is 0 Å². The number of rotatable bonds is 7. The van der Waals surface area contributed by atoms with Gasteiger partial charge in [-0.3, -0.25) is 9.78 Å². The summed E-state index contributed by atoms with van der Waals surface area (Å²) in [5, 5.41) is 3.36. The van der Waals surface area contributed by atoms with Gasteiger partial charge in [-0.2, -0.15) is 0 Å². The highest BCUT2D eigenvalue weighted by Gasteiger charge is 2.13. The van der Waals surface area contributed by atoms with E-state index >= 15 is 0 Å². The number of pyridine rings is 2. The molecule has 5 nitrogen and oxygen atoms in total. The molecule has 3 rings (SSSR count). The van der Waals surface area contributed by atoms with Crippen LogP contribution in [0.3, 0.4) is 0 Å². The molecule has 144 valence electrons. The second-order valence-corrected chi connectivity index (χ2v) is 7.13. The maximum atomic E-state index is 12.8. The van der Waals surface area contributed by atoms with Gasteiger partial charge in [-0.05, 0) is 53.8 Å². The Morgan fingerprint density at radius 3 is 2.57 bits per heavy atom. The van der Waals surface area contributed by atoms with Crippen molar-refractivity contribution in [2.24, 2.45) is 0 Å². The molecule has 0 saturated heterocycles. The monoisotopic (exact) mass is 374 g/mol. The fourth-order valence-electron chi connectivity index (χ4n) is 3.05. The van der Waals surface area contributed by atoms with E-state index in [4.69, 9.17) is 0 Å². The summed E-state index contributed by atoms with van der Waals surface area (Å²) in [4.78, 5) is 22.9. The molecular weight excluding hydrogens is 348 g/mol. The Morgan fingerprint density at radius 2 is 1.82 bits per heavy atom. The molecule has 0 aliphatic heterocycles. The summed E-state index contributed by atoms with van der Waals surface area (Å²) in [6.07, 6.45) is 6.01. The van der Waals surface area contributed by atoms with E-state index in [0.717, 1.165) is 17.7 Å². The Labute approximate surface area is 166 Å². The van der Waals surface area contributed by atoms with Gasteiger partial charge >= 0.3 is 0 Å². The number of likely N-dealkylation sites (N-methyl/N-ethyl adjacent to an activating group) is 1. The summed E-state index contributed by atoms with van der Waals surface area (Å²) in [6.45, 7) is 4.96. The molecule has 3 aromatic rings. The van der Waals surface area contributed by atoms with Gasteiger partial charge in [0.15, 0.2) is 0 Å². The SMILES string of the molecule is CC(C)c1ccccc1Nc1cc(C(=O)N(C)CCc2ccncc2)ccn1. The molecule has 0 aliphatic carbocycles. The van der Waals surface area contributed by atoms with Gasteiger partial charge < -0.3 is 10.2 Å². The fraction of sp³-hybridized carbons (Fsp3) is 0.261. The fourth-order valence-corrected chi connectivity index (χ4v) is 3.05. The normalized spacial score (nSPS) is 10.7. The summed E-state index contributed by atoms with van der Waals surface area (Å²) >= 11 is 0. The summed E-state index contributed by atoms with van der Waals surface area (Å²) in [5.41, 5.74) is 4.02. The Bertz CT molecular complexity index is 925. The molecule has 5 heteroatoms. The molecule has 0 fully saturated rings. The highest BCUT2D eigenvalue weighted by molar-refractivity contribution is 5.94. The number of anilines is 2. The second-order valence-electron chi connectivity index (χ2n) is 7.13. The van der Waals surface area contributed by atoms with Gasteiger partial charge in [-0.25, -0.2) is 4.98 Å². The van der Waals surface area contributed by atoms with E-state index in [1.54, 1.807) is 29.6 Å². The number of nitrogens with one attached hydrogen (secondary N) is 1. The van der Waals surface area contributed by atoms with Crippen LogP contribution in [0.2, 0.25) is 0 Å². The van der Waals surface area contributed by atoms with Crippen LogP contribution in [-0.2, 0) is 6.42 Å². The molecule has 0 spiro atoms. The van der Waals surface area contributed by atoms with Crippen LogP contribution < -0.4 is 5.32 Å². The molecular formula is C23H26N4O. The minimum Gasteiger partial charge on any atom is -0.341 e. The molecule has 0 atom stereocenters. The van der Waals surface area contributed by atoms with Crippen molar-refractivity contribution >= 4 is 17.4 Å². The third-order valence-corrected chi connectivity index (χ3v) is 4.68. The first-order chi connectivity index (χ1) is 13.5. The van der Waals surface area contributed by atoms with Crippen LogP contribution in [0.4, 0.5) is 11.5 Å². The zero-order chi connectivity index (χ0) is 19.9. The predicted octanol–water partition coefficient (Wildman–Crippen LogP) is 4.66. The highest BCUT2D eigenvalue weighted by Crippen LogP contribution is 2.26. The van der Waals surface area contributed by atoms with Gasteiger partial charge in [-0.1, -0.05) is 32.0 Å². The predicted molar refractivity (Wildman–Crippen MR) is 113 cm³/mol. The smallest absolute Gasteiger partial charge is 0.253 e. The zero-order valence-electron chi connectivity index (χ0n) is 16.6. The number of carbonyl (C=O) groups is 1. The maximum Gasteiger partial charge on any atom is 0.253 e. The van der Waals surface area contributed by atoms with Crippen molar-refractivity contribution in [1.29, 1.82) is 0 Å². The van der Waals surface area contributed by atoms with E-state index in [-0.39, 0.29) is 5.91 Å². The summed E-state index contributed by atoms with van der Waals surface area (Å²) in [6, 6.07) is 15.7. The first-order valence-corrected chi connectivity index (χ1v) is 9.51. The van der Waals surface area contributed by atoms with E-state index < -0.39 is 0 Å². The second kappa shape index (κ2) is 9.13. The minimum atomic E-state index is -0.0170. The van der Waals surface area contributed by atoms with Gasteiger partial charge in [0.2, 0.25) is 0 Å². The van der Waals surface area contributed by atoms with Crippen LogP contribution in [0.15, 0.2) is 67.1 Å². The highest BCUT2D eigenvalue weighted by atomic mass is 16.2. The Kier molecular flexibility index (Phi) is 6.37. The molecule has 28 heavy (non-hydrogen) atoms. The summed E-state index contributed by atoms with van der Waals surface area (Å²) in [5.74, 6) is 1.05. The van der Waals surface area contributed by atoms with Gasteiger partial charge in [0.1, 0.15) is 5.82 Å². The number of hydrogen-bond acceptors (Lipinski definition) is 4. The van der Waals surface area contributed by atoms with E-state index in [1.807, 2.05) is 43.4 Å². The number of aromatic nitrogens is 2. The van der Waals surface area contributed by atoms with Crippen molar-refractivity contribution in [3.8, 4) is 0 Å². The van der Waals surface area contributed by atoms with Crippen LogP contribution in [-0.4, -0.2) is 34.4 Å². The summed E-state index contributed by atoms with van der Waals surface area (Å²) in [7, 11) is 1.82. The van der Waals surface area contributed by atoms with Crippen molar-refractivity contribution in [3.05, 3.63) is 83.8 Å². The minimum absolute atomic E-state index is 0.0170. The van der Waals surface area contributed by atoms with Crippen LogP contribution >= 0.6 is 0 Å². The molecule has 1 aromatic carbocycles. The standard InChI is InChI=1S/C23H26N4O/c1-17(2)20-6-4-5-7-21(20)26-22-16-19(10-14-25-22)23(28)27(3)15-11-18-8-12-24-13-9-18/h4-10,12-14,16-17H,11,15H2,1-3H3,(H,25,26). The van der Waals surface area contributed by atoms with Crippen molar-refractivity contribution in [3.63, 3.8) is 0 Å². The molecule has 0 aliphatic rings. The summed E-state index contributed by atoms with van der Waals surface area (Å²) < 4.78 is 0. The zero-order valence-corrected chi connectivity index (χ0v) is 16.6. The average Bonchev–Trinajstić information content (AvgIpc) is 2.72. The molecule has 2 heterocycles. The third-order valence-electron chi connectivity index (χ3n) is 4.68. The van der Waals surface area contributed by atoms with Gasteiger partial charge in [-0.15, -0.1) is 0 Å². The van der Waals surface area contributed by atoms with Crippen LogP contribution in [0, 0.1) is 0 Å². The molecule has 1 amide bonds. The molecule has 1 N–H and O–H groups in total. The lowest BCUT2D eigenvalue weighted by Gasteiger charge is -2.18. The number of carbonyl (C=O) groups excluding carboxylic acids is 1. The van der Waals surface area contributed by atoms with Gasteiger partial charge in [0, 0.05) is 43.4 Å².